The molecule has 0 saturated heterocycles. The zero-order chi connectivity index (χ0) is 14.2. The molecule has 108 valence electrons. The van der Waals surface area contributed by atoms with E-state index >= 15 is 0 Å². The van der Waals surface area contributed by atoms with Crippen LogP contribution in [0.1, 0.15) is 21.7 Å². The topological polar surface area (TPSA) is 34.1 Å². The Labute approximate surface area is 125 Å². The van der Waals surface area contributed by atoms with Crippen LogP contribution in [0.15, 0.2) is 29.8 Å². The molecule has 0 atom stereocenters. The number of aromatic nitrogens is 1. The number of thiazole rings is 1. The van der Waals surface area contributed by atoms with E-state index in [1.807, 2.05) is 12.6 Å². The molecule has 1 heterocycles. The van der Waals surface area contributed by atoms with Crippen molar-refractivity contribution in [1.82, 2.24) is 10.3 Å². The molecule has 0 fully saturated rings. The Bertz CT molecular complexity index is 525. The van der Waals surface area contributed by atoms with Gasteiger partial charge in [0.1, 0.15) is 0 Å². The molecule has 1 N–H and O–H groups in total. The fraction of sp³-hybridized carbons (Fsp3) is 0.438. The second-order valence-corrected chi connectivity index (χ2v) is 5.73. The molecule has 4 heteroatoms. The number of hydrogen-bond acceptors (Lipinski definition) is 4. The third-order valence-electron chi connectivity index (χ3n) is 3.34. The van der Waals surface area contributed by atoms with Gasteiger partial charge in [0.05, 0.1) is 24.4 Å². The highest BCUT2D eigenvalue weighted by molar-refractivity contribution is 7.09. The van der Waals surface area contributed by atoms with Crippen LogP contribution in [0.3, 0.4) is 0 Å². The van der Waals surface area contributed by atoms with Crippen molar-refractivity contribution in [2.45, 2.75) is 26.4 Å². The lowest BCUT2D eigenvalue weighted by atomic mass is 10.1. The van der Waals surface area contributed by atoms with Gasteiger partial charge in [0.25, 0.3) is 0 Å². The van der Waals surface area contributed by atoms with E-state index in [4.69, 9.17) is 4.74 Å². The van der Waals surface area contributed by atoms with Gasteiger partial charge in [-0.2, -0.15) is 0 Å². The van der Waals surface area contributed by atoms with Crippen molar-refractivity contribution in [3.05, 3.63) is 51.5 Å². The SMILES string of the molecule is CNCCc1ccccc1COCCc1scnc1C. The predicted octanol–water partition coefficient (Wildman–Crippen LogP) is 2.97. The van der Waals surface area contributed by atoms with E-state index in [-0.39, 0.29) is 0 Å². The van der Waals surface area contributed by atoms with Crippen LogP contribution >= 0.6 is 11.3 Å². The summed E-state index contributed by atoms with van der Waals surface area (Å²) < 4.78 is 5.83. The summed E-state index contributed by atoms with van der Waals surface area (Å²) in [6.45, 7) is 4.50. The fourth-order valence-electron chi connectivity index (χ4n) is 2.11. The van der Waals surface area contributed by atoms with E-state index in [0.29, 0.717) is 6.61 Å². The summed E-state index contributed by atoms with van der Waals surface area (Å²) in [7, 11) is 1.98. The summed E-state index contributed by atoms with van der Waals surface area (Å²) in [5.41, 5.74) is 5.70. The highest BCUT2D eigenvalue weighted by atomic mass is 32.1. The molecular weight excluding hydrogens is 268 g/mol. The molecule has 0 unspecified atom stereocenters. The molecule has 0 aliphatic heterocycles. The molecule has 2 aromatic rings. The molecule has 0 saturated carbocycles. The minimum Gasteiger partial charge on any atom is -0.376 e. The summed E-state index contributed by atoms with van der Waals surface area (Å²) in [5, 5.41) is 3.19. The van der Waals surface area contributed by atoms with Gasteiger partial charge in [0.15, 0.2) is 0 Å². The Hall–Kier alpha value is -1.23. The molecule has 0 spiro atoms. The average molecular weight is 290 g/mol. The average Bonchev–Trinajstić information content (AvgIpc) is 2.88. The summed E-state index contributed by atoms with van der Waals surface area (Å²) >= 11 is 1.71. The smallest absolute Gasteiger partial charge is 0.0797 e. The number of nitrogens with zero attached hydrogens (tertiary/aromatic N) is 1. The van der Waals surface area contributed by atoms with Crippen molar-refractivity contribution in [3.63, 3.8) is 0 Å². The first-order valence-corrected chi connectivity index (χ1v) is 7.87. The van der Waals surface area contributed by atoms with E-state index in [9.17, 15) is 0 Å². The highest BCUT2D eigenvalue weighted by Crippen LogP contribution is 2.14. The molecule has 0 aliphatic rings. The molecule has 1 aromatic heterocycles. The Balaban J connectivity index is 1.80. The second kappa shape index (κ2) is 8.15. The first-order valence-electron chi connectivity index (χ1n) is 6.99. The molecular formula is C16H22N2OS. The van der Waals surface area contributed by atoms with Crippen LogP contribution in [-0.2, 0) is 24.2 Å². The molecule has 1 aromatic carbocycles. The zero-order valence-corrected chi connectivity index (χ0v) is 13.0. The maximum Gasteiger partial charge on any atom is 0.0797 e. The summed E-state index contributed by atoms with van der Waals surface area (Å²) in [5.74, 6) is 0. The summed E-state index contributed by atoms with van der Waals surface area (Å²) in [6, 6.07) is 8.51. The van der Waals surface area contributed by atoms with E-state index in [0.717, 1.165) is 31.7 Å². The first kappa shape index (κ1) is 15.2. The number of aryl methyl sites for hydroxylation is 1. The number of likely N-dealkylation sites (N-methyl/N-ethyl adjacent to an activating group) is 1. The first-order chi connectivity index (χ1) is 9.81. The second-order valence-electron chi connectivity index (χ2n) is 4.79. The molecule has 0 bridgehead atoms. The standard InChI is InChI=1S/C16H22N2OS/c1-13-16(20-12-18-13)8-10-19-11-15-6-4-3-5-14(15)7-9-17-2/h3-6,12,17H,7-11H2,1-2H3. The van der Waals surface area contributed by atoms with Crippen LogP contribution in [0.4, 0.5) is 0 Å². The fourth-order valence-corrected chi connectivity index (χ4v) is 2.88. The highest BCUT2D eigenvalue weighted by Gasteiger charge is 2.03. The minimum atomic E-state index is 0.692. The number of ether oxygens (including phenoxy) is 1. The largest absolute Gasteiger partial charge is 0.376 e. The predicted molar refractivity (Wildman–Crippen MR) is 84.3 cm³/mol. The third-order valence-corrected chi connectivity index (χ3v) is 4.33. The maximum atomic E-state index is 5.83. The van der Waals surface area contributed by atoms with Gasteiger partial charge < -0.3 is 10.1 Å². The van der Waals surface area contributed by atoms with Gasteiger partial charge >= 0.3 is 0 Å². The van der Waals surface area contributed by atoms with E-state index in [2.05, 4.69) is 41.5 Å². The lowest BCUT2D eigenvalue weighted by Gasteiger charge is -2.10. The normalized spacial score (nSPS) is 10.9. The minimum absolute atomic E-state index is 0.692. The van der Waals surface area contributed by atoms with Gasteiger partial charge in [-0.15, -0.1) is 11.3 Å². The van der Waals surface area contributed by atoms with Gasteiger partial charge in [-0.25, -0.2) is 4.98 Å². The van der Waals surface area contributed by atoms with Crippen molar-refractivity contribution in [1.29, 1.82) is 0 Å². The number of hydrogen-bond donors (Lipinski definition) is 1. The lowest BCUT2D eigenvalue weighted by molar-refractivity contribution is 0.123. The zero-order valence-electron chi connectivity index (χ0n) is 12.2. The molecule has 3 nitrogen and oxygen atoms in total. The molecule has 0 radical (unpaired) electrons. The van der Waals surface area contributed by atoms with E-state index < -0.39 is 0 Å². The Kier molecular flexibility index (Phi) is 6.18. The van der Waals surface area contributed by atoms with Gasteiger partial charge in [-0.05, 0) is 38.1 Å². The van der Waals surface area contributed by atoms with E-state index in [1.165, 1.54) is 16.0 Å². The monoisotopic (exact) mass is 290 g/mol. The van der Waals surface area contributed by atoms with Crippen LogP contribution in [0, 0.1) is 6.92 Å². The van der Waals surface area contributed by atoms with Crippen LogP contribution in [0.5, 0.6) is 0 Å². The summed E-state index contributed by atoms with van der Waals surface area (Å²) in [6.07, 6.45) is 2.00. The van der Waals surface area contributed by atoms with Crippen LogP contribution in [0.25, 0.3) is 0 Å². The van der Waals surface area contributed by atoms with Gasteiger partial charge in [0.2, 0.25) is 0 Å². The maximum absolute atomic E-state index is 5.83. The molecule has 2 rings (SSSR count). The van der Waals surface area contributed by atoms with E-state index in [1.54, 1.807) is 11.3 Å². The van der Waals surface area contributed by atoms with Crippen molar-refractivity contribution in [3.8, 4) is 0 Å². The molecule has 0 aliphatic carbocycles. The van der Waals surface area contributed by atoms with Gasteiger partial charge in [0, 0.05) is 11.3 Å². The molecule has 0 amide bonds. The Morgan fingerprint density at radius 2 is 2.00 bits per heavy atom. The Morgan fingerprint density at radius 1 is 1.20 bits per heavy atom. The number of benzene rings is 1. The molecule has 20 heavy (non-hydrogen) atoms. The van der Waals surface area contributed by atoms with Crippen molar-refractivity contribution >= 4 is 11.3 Å². The Morgan fingerprint density at radius 3 is 2.70 bits per heavy atom. The van der Waals surface area contributed by atoms with Crippen molar-refractivity contribution < 1.29 is 4.74 Å². The van der Waals surface area contributed by atoms with Gasteiger partial charge in [-0.3, -0.25) is 0 Å². The van der Waals surface area contributed by atoms with Crippen molar-refractivity contribution in [2.24, 2.45) is 0 Å². The van der Waals surface area contributed by atoms with Crippen LogP contribution in [0.2, 0.25) is 0 Å². The quantitative estimate of drug-likeness (QED) is 0.759. The van der Waals surface area contributed by atoms with Crippen LogP contribution < -0.4 is 5.32 Å². The number of rotatable bonds is 8. The third kappa shape index (κ3) is 4.40. The lowest BCUT2D eigenvalue weighted by Crippen LogP contribution is -2.12. The van der Waals surface area contributed by atoms with Crippen LogP contribution in [-0.4, -0.2) is 25.2 Å². The summed E-state index contributed by atoms with van der Waals surface area (Å²) in [4.78, 5) is 5.58. The van der Waals surface area contributed by atoms with Crippen molar-refractivity contribution in [2.75, 3.05) is 20.2 Å². The number of nitrogens with one attached hydrogen (secondary N) is 1. The van der Waals surface area contributed by atoms with Gasteiger partial charge in [-0.1, -0.05) is 24.3 Å².